The van der Waals surface area contributed by atoms with Crippen molar-refractivity contribution in [2.45, 2.75) is 65.7 Å². The summed E-state index contributed by atoms with van der Waals surface area (Å²) in [4.78, 5) is 35.3. The van der Waals surface area contributed by atoms with Crippen molar-refractivity contribution < 1.29 is 18.0 Å². The summed E-state index contributed by atoms with van der Waals surface area (Å²) in [5.41, 5.74) is 2.71. The van der Waals surface area contributed by atoms with Crippen LogP contribution in [-0.4, -0.2) is 56.7 Å². The molecule has 1 atom stereocenters. The van der Waals surface area contributed by atoms with Crippen LogP contribution in [0.2, 0.25) is 0 Å². The number of hydrogen-bond acceptors (Lipinski definition) is 5. The lowest BCUT2D eigenvalue weighted by Crippen LogP contribution is -2.42. The number of aromatic nitrogens is 3. The minimum Gasteiger partial charge on any atom is -0.335 e. The molecule has 10 heteroatoms. The molecule has 4 aromatic rings. The summed E-state index contributed by atoms with van der Waals surface area (Å²) < 4.78 is 40.7. The fourth-order valence-corrected chi connectivity index (χ4v) is 5.38. The zero-order valence-corrected chi connectivity index (χ0v) is 26.9. The molecule has 0 bridgehead atoms. The number of carbonyl (C=O) groups is 1. The molecule has 4 rings (SSSR count). The maximum absolute atomic E-state index is 14.2. The molecule has 0 aliphatic carbocycles. The molecule has 0 N–H and O–H groups in total. The third kappa shape index (κ3) is 8.90. The molecule has 244 valence electrons. The highest BCUT2D eigenvalue weighted by molar-refractivity contribution is 5.80. The van der Waals surface area contributed by atoms with Gasteiger partial charge >= 0.3 is 6.18 Å². The highest BCUT2D eigenvalue weighted by Crippen LogP contribution is 2.31. The van der Waals surface area contributed by atoms with E-state index in [9.17, 15) is 22.8 Å². The Bertz CT molecular complexity index is 1620. The highest BCUT2D eigenvalue weighted by atomic mass is 19.4. The Morgan fingerprint density at radius 1 is 0.826 bits per heavy atom. The molecule has 0 saturated heterocycles. The number of alkyl halides is 3. The fraction of sp³-hybridized carbons (Fsp3) is 0.389. The Hall–Kier alpha value is -4.31. The number of rotatable bonds is 14. The molecule has 0 spiro atoms. The minimum atomic E-state index is -4.39. The van der Waals surface area contributed by atoms with E-state index in [0.29, 0.717) is 56.0 Å². The van der Waals surface area contributed by atoms with Crippen LogP contribution in [0.25, 0.3) is 11.1 Å². The van der Waals surface area contributed by atoms with Gasteiger partial charge in [0.15, 0.2) is 0 Å². The van der Waals surface area contributed by atoms with Crippen molar-refractivity contribution in [1.82, 2.24) is 24.6 Å². The van der Waals surface area contributed by atoms with Crippen LogP contribution in [0.4, 0.5) is 13.2 Å². The normalized spacial score (nSPS) is 12.3. The summed E-state index contributed by atoms with van der Waals surface area (Å²) in [7, 11) is 0. The Kier molecular flexibility index (Phi) is 11.9. The maximum Gasteiger partial charge on any atom is 0.416 e. The summed E-state index contributed by atoms with van der Waals surface area (Å²) in [5.74, 6) is 0.330. The van der Waals surface area contributed by atoms with Crippen LogP contribution < -0.4 is 5.56 Å². The molecule has 0 radical (unpaired) electrons. The smallest absolute Gasteiger partial charge is 0.335 e. The lowest BCUT2D eigenvalue weighted by atomic mass is 10.0. The Labute approximate surface area is 268 Å². The van der Waals surface area contributed by atoms with Gasteiger partial charge < -0.3 is 9.80 Å². The molecule has 7 nitrogen and oxygen atoms in total. The SMILES string of the molecule is CCc1nn(C(C)C(=O)N(CCN(CC)CC)Cc2ccc(-c3ccc(C(F)(F)F)cc3)cc2)c(CCc2ccccc2)nc1=O. The van der Waals surface area contributed by atoms with Crippen molar-refractivity contribution in [3.05, 3.63) is 117 Å². The van der Waals surface area contributed by atoms with Crippen LogP contribution in [0, 0.1) is 0 Å². The lowest BCUT2D eigenvalue weighted by Gasteiger charge is -2.30. The van der Waals surface area contributed by atoms with Gasteiger partial charge in [-0.2, -0.15) is 23.3 Å². The number of amides is 1. The third-order valence-electron chi connectivity index (χ3n) is 8.27. The number of nitrogens with zero attached hydrogens (tertiary/aromatic N) is 5. The molecule has 1 unspecified atom stereocenters. The fourth-order valence-electron chi connectivity index (χ4n) is 5.38. The van der Waals surface area contributed by atoms with E-state index in [1.165, 1.54) is 12.1 Å². The average Bonchev–Trinajstić information content (AvgIpc) is 3.07. The van der Waals surface area contributed by atoms with E-state index in [4.69, 9.17) is 0 Å². The molecule has 0 fully saturated rings. The summed E-state index contributed by atoms with van der Waals surface area (Å²) in [6.45, 7) is 11.0. The molecule has 0 aliphatic rings. The predicted octanol–water partition coefficient (Wildman–Crippen LogP) is 6.60. The number of hydrogen-bond donors (Lipinski definition) is 0. The van der Waals surface area contributed by atoms with E-state index in [1.54, 1.807) is 11.6 Å². The van der Waals surface area contributed by atoms with E-state index in [2.05, 4.69) is 28.8 Å². The highest BCUT2D eigenvalue weighted by Gasteiger charge is 2.30. The van der Waals surface area contributed by atoms with Crippen LogP contribution in [-0.2, 0) is 36.8 Å². The van der Waals surface area contributed by atoms with Crippen LogP contribution in [0.15, 0.2) is 83.7 Å². The second-order valence-corrected chi connectivity index (χ2v) is 11.3. The molecule has 3 aromatic carbocycles. The molecule has 1 amide bonds. The Balaban J connectivity index is 1.59. The number of benzene rings is 3. The summed E-state index contributed by atoms with van der Waals surface area (Å²) in [6, 6.07) is 21.8. The third-order valence-corrected chi connectivity index (χ3v) is 8.27. The topological polar surface area (TPSA) is 71.3 Å². The van der Waals surface area contributed by atoms with Gasteiger partial charge in [-0.25, -0.2) is 4.68 Å². The van der Waals surface area contributed by atoms with E-state index in [-0.39, 0.29) is 11.5 Å². The van der Waals surface area contributed by atoms with Gasteiger partial charge in [0.25, 0.3) is 5.56 Å². The zero-order valence-electron chi connectivity index (χ0n) is 26.9. The van der Waals surface area contributed by atoms with Crippen molar-refractivity contribution in [3.8, 4) is 11.1 Å². The van der Waals surface area contributed by atoms with E-state index < -0.39 is 17.8 Å². The second-order valence-electron chi connectivity index (χ2n) is 11.3. The summed E-state index contributed by atoms with van der Waals surface area (Å²) in [5, 5.41) is 4.62. The van der Waals surface area contributed by atoms with Gasteiger partial charge in [-0.3, -0.25) is 9.59 Å². The molecular weight excluding hydrogens is 591 g/mol. The maximum atomic E-state index is 14.2. The Morgan fingerprint density at radius 3 is 2.00 bits per heavy atom. The number of carbonyl (C=O) groups excluding carboxylic acids is 1. The first kappa shape index (κ1) is 34.6. The van der Waals surface area contributed by atoms with E-state index >= 15 is 0 Å². The first-order chi connectivity index (χ1) is 22.0. The first-order valence-electron chi connectivity index (χ1n) is 15.8. The molecule has 1 aromatic heterocycles. The molecular formula is C36H42F3N5O2. The van der Waals surface area contributed by atoms with Gasteiger partial charge in [0.2, 0.25) is 5.91 Å². The first-order valence-corrected chi connectivity index (χ1v) is 15.8. The quantitative estimate of drug-likeness (QED) is 0.157. The summed E-state index contributed by atoms with van der Waals surface area (Å²) in [6.07, 6.45) is -2.87. The van der Waals surface area contributed by atoms with Crippen LogP contribution in [0.5, 0.6) is 0 Å². The largest absolute Gasteiger partial charge is 0.416 e. The van der Waals surface area contributed by atoms with E-state index in [0.717, 1.165) is 41.9 Å². The van der Waals surface area contributed by atoms with Gasteiger partial charge in [-0.15, -0.1) is 0 Å². The number of halogens is 3. The van der Waals surface area contributed by atoms with Gasteiger partial charge in [0.1, 0.15) is 17.6 Å². The van der Waals surface area contributed by atoms with Gasteiger partial charge in [-0.05, 0) is 67.2 Å². The van der Waals surface area contributed by atoms with Crippen LogP contribution in [0.1, 0.15) is 61.9 Å². The predicted molar refractivity (Wildman–Crippen MR) is 174 cm³/mol. The van der Waals surface area contributed by atoms with Gasteiger partial charge in [-0.1, -0.05) is 87.5 Å². The van der Waals surface area contributed by atoms with Crippen molar-refractivity contribution in [1.29, 1.82) is 0 Å². The van der Waals surface area contributed by atoms with Gasteiger partial charge in [0, 0.05) is 26.1 Å². The van der Waals surface area contributed by atoms with Crippen molar-refractivity contribution in [2.24, 2.45) is 0 Å². The van der Waals surface area contributed by atoms with E-state index in [1.807, 2.05) is 66.4 Å². The number of likely N-dealkylation sites (N-methyl/N-ethyl adjacent to an activating group) is 1. The molecule has 0 aliphatic heterocycles. The van der Waals surface area contributed by atoms with Crippen molar-refractivity contribution in [2.75, 3.05) is 26.2 Å². The molecule has 0 saturated carbocycles. The molecule has 46 heavy (non-hydrogen) atoms. The second kappa shape index (κ2) is 15.8. The average molecular weight is 634 g/mol. The standard InChI is InChI=1S/C36H42F3N5O2/c1-5-32-34(45)40-33(22-15-27-11-9-8-10-12-27)44(41-32)26(4)35(46)43(24-23-42(6-2)7-3)25-28-13-16-29(17-14-28)30-18-20-31(21-19-30)36(37,38)39/h8-14,16-21,26H,5-7,15,22-25H2,1-4H3. The summed E-state index contributed by atoms with van der Waals surface area (Å²) >= 11 is 0. The monoisotopic (exact) mass is 633 g/mol. The van der Waals surface area contributed by atoms with Crippen molar-refractivity contribution >= 4 is 5.91 Å². The van der Waals surface area contributed by atoms with Crippen LogP contribution in [0.3, 0.4) is 0 Å². The van der Waals surface area contributed by atoms with Crippen molar-refractivity contribution in [3.63, 3.8) is 0 Å². The van der Waals surface area contributed by atoms with Crippen LogP contribution >= 0.6 is 0 Å². The molecule has 1 heterocycles. The minimum absolute atomic E-state index is 0.139. The Morgan fingerprint density at radius 2 is 1.43 bits per heavy atom. The lowest BCUT2D eigenvalue weighted by molar-refractivity contribution is -0.137. The zero-order chi connectivity index (χ0) is 33.3. The number of aryl methyl sites for hydroxylation is 3. The van der Waals surface area contributed by atoms with Gasteiger partial charge in [0.05, 0.1) is 5.56 Å².